The molecule has 0 aliphatic carbocycles. The van der Waals surface area contributed by atoms with E-state index in [9.17, 15) is 13.5 Å². The Morgan fingerprint density at radius 2 is 2.07 bits per heavy atom. The molecule has 0 aliphatic heterocycles. The molecule has 0 amide bonds. The Morgan fingerprint density at radius 1 is 1.50 bits per heavy atom. The molecular weight excluding hydrogens is 222 g/mol. The summed E-state index contributed by atoms with van der Waals surface area (Å²) in [5.41, 5.74) is -0.972. The highest BCUT2D eigenvalue weighted by atomic mass is 32.2. The Bertz CT molecular complexity index is 249. The molecule has 0 radical (unpaired) electrons. The molecule has 0 rings (SSSR count). The zero-order valence-electron chi connectivity index (χ0n) is 8.91. The molecular formula is C8H19NO3S2. The van der Waals surface area contributed by atoms with Crippen LogP contribution in [-0.2, 0) is 10.0 Å². The molecule has 0 aromatic carbocycles. The van der Waals surface area contributed by atoms with Crippen LogP contribution in [0, 0.1) is 0 Å². The SMILES string of the molecule is CCCS(=O)(=O)NCC(C)(O)CSC. The number of nitrogens with one attached hydrogen (secondary N) is 1. The smallest absolute Gasteiger partial charge is 0.211 e. The average molecular weight is 241 g/mol. The molecule has 0 aromatic heterocycles. The van der Waals surface area contributed by atoms with Gasteiger partial charge in [-0.3, -0.25) is 0 Å². The number of rotatable bonds is 7. The Hall–Kier alpha value is 0.220. The highest BCUT2D eigenvalue weighted by Crippen LogP contribution is 2.09. The van der Waals surface area contributed by atoms with E-state index in [4.69, 9.17) is 0 Å². The van der Waals surface area contributed by atoms with Gasteiger partial charge in [-0.2, -0.15) is 11.8 Å². The van der Waals surface area contributed by atoms with Gasteiger partial charge in [-0.25, -0.2) is 13.1 Å². The zero-order valence-corrected chi connectivity index (χ0v) is 10.5. The average Bonchev–Trinajstić information content (AvgIpc) is 2.01. The molecule has 2 N–H and O–H groups in total. The van der Waals surface area contributed by atoms with E-state index in [1.807, 2.05) is 6.26 Å². The number of sulfonamides is 1. The van der Waals surface area contributed by atoms with Crippen LogP contribution in [0.2, 0.25) is 0 Å². The summed E-state index contributed by atoms with van der Waals surface area (Å²) >= 11 is 1.49. The van der Waals surface area contributed by atoms with Gasteiger partial charge < -0.3 is 5.11 Å². The van der Waals surface area contributed by atoms with Crippen molar-refractivity contribution in [3.63, 3.8) is 0 Å². The van der Waals surface area contributed by atoms with Crippen molar-refractivity contribution in [2.75, 3.05) is 24.3 Å². The molecule has 0 fully saturated rings. The molecule has 0 heterocycles. The monoisotopic (exact) mass is 241 g/mol. The van der Waals surface area contributed by atoms with Crippen molar-refractivity contribution in [3.8, 4) is 0 Å². The second kappa shape index (κ2) is 5.95. The van der Waals surface area contributed by atoms with E-state index in [-0.39, 0.29) is 12.3 Å². The second-order valence-corrected chi connectivity index (χ2v) is 6.36. The van der Waals surface area contributed by atoms with Crippen LogP contribution in [0.3, 0.4) is 0 Å². The van der Waals surface area contributed by atoms with E-state index < -0.39 is 15.6 Å². The van der Waals surface area contributed by atoms with E-state index in [1.165, 1.54) is 11.8 Å². The Labute approximate surface area is 90.5 Å². The van der Waals surface area contributed by atoms with E-state index in [1.54, 1.807) is 13.8 Å². The van der Waals surface area contributed by atoms with Gasteiger partial charge in [0, 0.05) is 12.3 Å². The van der Waals surface area contributed by atoms with E-state index >= 15 is 0 Å². The van der Waals surface area contributed by atoms with Gasteiger partial charge in [0.25, 0.3) is 0 Å². The Kier molecular flexibility index (Phi) is 6.04. The lowest BCUT2D eigenvalue weighted by Gasteiger charge is -2.22. The minimum atomic E-state index is -3.20. The lowest BCUT2D eigenvalue weighted by molar-refractivity contribution is 0.0908. The first-order valence-electron chi connectivity index (χ1n) is 4.51. The number of thioether (sulfide) groups is 1. The Balaban J connectivity index is 4.04. The van der Waals surface area contributed by atoms with Crippen molar-refractivity contribution in [1.82, 2.24) is 4.72 Å². The van der Waals surface area contributed by atoms with Crippen LogP contribution in [0.25, 0.3) is 0 Å². The zero-order chi connectivity index (χ0) is 11.2. The van der Waals surface area contributed by atoms with Crippen molar-refractivity contribution < 1.29 is 13.5 Å². The van der Waals surface area contributed by atoms with Crippen molar-refractivity contribution in [2.45, 2.75) is 25.9 Å². The predicted octanol–water partition coefficient (Wildman–Crippen LogP) is 0.430. The van der Waals surface area contributed by atoms with Crippen molar-refractivity contribution in [1.29, 1.82) is 0 Å². The second-order valence-electron chi connectivity index (χ2n) is 3.57. The first kappa shape index (κ1) is 14.2. The molecule has 0 bridgehead atoms. The van der Waals surface area contributed by atoms with Gasteiger partial charge in [-0.15, -0.1) is 0 Å². The highest BCUT2D eigenvalue weighted by Gasteiger charge is 2.22. The lowest BCUT2D eigenvalue weighted by Crippen LogP contribution is -2.43. The first-order valence-corrected chi connectivity index (χ1v) is 7.56. The standard InChI is InChI=1S/C8H19NO3S2/c1-4-5-14(11,12)9-6-8(2,10)7-13-3/h9-10H,4-7H2,1-3H3. The molecule has 6 heteroatoms. The van der Waals surface area contributed by atoms with Gasteiger partial charge in [0.1, 0.15) is 0 Å². The maximum Gasteiger partial charge on any atom is 0.211 e. The largest absolute Gasteiger partial charge is 0.388 e. The molecule has 0 saturated heterocycles. The van der Waals surface area contributed by atoms with Gasteiger partial charge in [-0.05, 0) is 19.6 Å². The van der Waals surface area contributed by atoms with Crippen LogP contribution in [-0.4, -0.2) is 43.4 Å². The van der Waals surface area contributed by atoms with Gasteiger partial charge in [0.15, 0.2) is 0 Å². The predicted molar refractivity (Wildman–Crippen MR) is 61.1 cm³/mol. The minimum absolute atomic E-state index is 0.0795. The summed E-state index contributed by atoms with van der Waals surface area (Å²) in [7, 11) is -3.20. The summed E-state index contributed by atoms with van der Waals surface area (Å²) in [6.07, 6.45) is 2.45. The van der Waals surface area contributed by atoms with Crippen LogP contribution in [0.4, 0.5) is 0 Å². The normalized spacial score (nSPS) is 16.6. The van der Waals surface area contributed by atoms with Crippen LogP contribution >= 0.6 is 11.8 Å². The molecule has 0 spiro atoms. The van der Waals surface area contributed by atoms with Gasteiger partial charge >= 0.3 is 0 Å². The fraction of sp³-hybridized carbons (Fsp3) is 1.00. The summed E-state index contributed by atoms with van der Waals surface area (Å²) in [6.45, 7) is 3.51. The topological polar surface area (TPSA) is 66.4 Å². The van der Waals surface area contributed by atoms with Crippen molar-refractivity contribution in [3.05, 3.63) is 0 Å². The Morgan fingerprint density at radius 3 is 2.50 bits per heavy atom. The number of hydrogen-bond acceptors (Lipinski definition) is 4. The highest BCUT2D eigenvalue weighted by molar-refractivity contribution is 7.98. The molecule has 0 aliphatic rings. The van der Waals surface area contributed by atoms with Crippen LogP contribution in [0.1, 0.15) is 20.3 Å². The van der Waals surface area contributed by atoms with E-state index in [0.717, 1.165) is 0 Å². The third-order valence-electron chi connectivity index (χ3n) is 1.60. The summed E-state index contributed by atoms with van der Waals surface area (Å²) in [6, 6.07) is 0. The fourth-order valence-corrected chi connectivity index (χ4v) is 2.90. The summed E-state index contributed by atoms with van der Waals surface area (Å²) < 4.78 is 24.9. The van der Waals surface area contributed by atoms with Gasteiger partial charge in [-0.1, -0.05) is 6.92 Å². The molecule has 0 aromatic rings. The summed E-state index contributed by atoms with van der Waals surface area (Å²) in [5.74, 6) is 0.629. The summed E-state index contributed by atoms with van der Waals surface area (Å²) in [5, 5.41) is 9.70. The van der Waals surface area contributed by atoms with Crippen LogP contribution in [0.5, 0.6) is 0 Å². The minimum Gasteiger partial charge on any atom is -0.388 e. The van der Waals surface area contributed by atoms with Crippen LogP contribution < -0.4 is 4.72 Å². The number of hydrogen-bond donors (Lipinski definition) is 2. The quantitative estimate of drug-likeness (QED) is 0.678. The van der Waals surface area contributed by atoms with E-state index in [2.05, 4.69) is 4.72 Å². The molecule has 86 valence electrons. The molecule has 1 unspecified atom stereocenters. The van der Waals surface area contributed by atoms with Gasteiger partial charge in [0.2, 0.25) is 10.0 Å². The van der Waals surface area contributed by atoms with Crippen molar-refractivity contribution in [2.24, 2.45) is 0 Å². The van der Waals surface area contributed by atoms with Gasteiger partial charge in [0.05, 0.1) is 11.4 Å². The maximum atomic E-state index is 11.3. The maximum absolute atomic E-state index is 11.3. The first-order chi connectivity index (χ1) is 6.33. The number of aliphatic hydroxyl groups is 1. The molecule has 4 nitrogen and oxygen atoms in total. The summed E-state index contributed by atoms with van der Waals surface area (Å²) in [4.78, 5) is 0. The third kappa shape index (κ3) is 6.64. The van der Waals surface area contributed by atoms with Crippen LogP contribution in [0.15, 0.2) is 0 Å². The fourth-order valence-electron chi connectivity index (χ4n) is 0.968. The third-order valence-corrected chi connectivity index (χ3v) is 4.04. The lowest BCUT2D eigenvalue weighted by atomic mass is 10.1. The molecule has 14 heavy (non-hydrogen) atoms. The van der Waals surface area contributed by atoms with Crippen molar-refractivity contribution >= 4 is 21.8 Å². The molecule has 1 atom stereocenters. The van der Waals surface area contributed by atoms with E-state index in [0.29, 0.717) is 12.2 Å². The molecule has 0 saturated carbocycles.